The number of hydrogen-bond acceptors (Lipinski definition) is 4. The van der Waals surface area contributed by atoms with Crippen molar-refractivity contribution in [2.24, 2.45) is 0 Å². The second-order valence-corrected chi connectivity index (χ2v) is 6.46. The van der Waals surface area contributed by atoms with E-state index in [0.29, 0.717) is 28.8 Å². The first-order chi connectivity index (χ1) is 14.2. The zero-order valence-electron chi connectivity index (χ0n) is 15.4. The number of nitriles is 1. The predicted octanol–water partition coefficient (Wildman–Crippen LogP) is 3.57. The molecule has 2 heterocycles. The summed E-state index contributed by atoms with van der Waals surface area (Å²) in [4.78, 5) is 30.4. The van der Waals surface area contributed by atoms with Crippen LogP contribution in [0.4, 0.5) is 5.69 Å². The molecule has 2 aromatic carbocycles. The van der Waals surface area contributed by atoms with Crippen molar-refractivity contribution in [3.8, 4) is 6.07 Å². The van der Waals surface area contributed by atoms with E-state index in [4.69, 9.17) is 0 Å². The fraction of sp³-hybridized carbons (Fsp3) is 0.0435. The van der Waals surface area contributed by atoms with Gasteiger partial charge in [0, 0.05) is 11.6 Å². The lowest BCUT2D eigenvalue weighted by molar-refractivity contribution is 0.102. The topological polar surface area (TPSA) is 87.8 Å². The van der Waals surface area contributed by atoms with Crippen LogP contribution in [0.25, 0.3) is 11.0 Å². The van der Waals surface area contributed by atoms with Gasteiger partial charge in [0.1, 0.15) is 17.3 Å². The van der Waals surface area contributed by atoms with Crippen LogP contribution in [0.15, 0.2) is 83.8 Å². The molecule has 1 amide bonds. The molecule has 6 nitrogen and oxygen atoms in total. The number of rotatable bonds is 4. The van der Waals surface area contributed by atoms with Crippen LogP contribution in [0.2, 0.25) is 0 Å². The van der Waals surface area contributed by atoms with Crippen LogP contribution in [0, 0.1) is 11.3 Å². The third-order valence-electron chi connectivity index (χ3n) is 4.57. The number of nitrogens with zero attached hydrogens (tertiary/aromatic N) is 3. The van der Waals surface area contributed by atoms with Crippen LogP contribution < -0.4 is 10.9 Å². The molecule has 1 N–H and O–H groups in total. The van der Waals surface area contributed by atoms with Crippen LogP contribution in [0.5, 0.6) is 0 Å². The van der Waals surface area contributed by atoms with Gasteiger partial charge in [-0.15, -0.1) is 0 Å². The van der Waals surface area contributed by atoms with E-state index in [1.807, 2.05) is 42.5 Å². The van der Waals surface area contributed by atoms with E-state index < -0.39 is 11.5 Å². The Morgan fingerprint density at radius 3 is 2.59 bits per heavy atom. The number of carbonyl (C=O) groups is 1. The standard InChI is InChI=1S/C23H16N4O2/c24-14-18-9-4-5-11-20(18)26-22(28)19-13-17-10-6-12-25-21(17)27(23(19)29)15-16-7-2-1-3-8-16/h1-13H,15H2,(H,26,28). The normalized spacial score (nSPS) is 10.4. The van der Waals surface area contributed by atoms with Gasteiger partial charge in [-0.05, 0) is 35.9 Å². The summed E-state index contributed by atoms with van der Waals surface area (Å²) in [6, 6.07) is 23.3. The fourth-order valence-corrected chi connectivity index (χ4v) is 3.16. The minimum absolute atomic E-state index is 0.00539. The third kappa shape index (κ3) is 3.62. The lowest BCUT2D eigenvalue weighted by atomic mass is 10.1. The fourth-order valence-electron chi connectivity index (χ4n) is 3.16. The number of hydrogen-bond donors (Lipinski definition) is 1. The summed E-state index contributed by atoms with van der Waals surface area (Å²) in [5, 5.41) is 12.6. The Bertz CT molecular complexity index is 1300. The molecule has 0 spiro atoms. The first kappa shape index (κ1) is 18.1. The number of fused-ring (bicyclic) bond motifs is 1. The Balaban J connectivity index is 1.81. The molecule has 29 heavy (non-hydrogen) atoms. The van der Waals surface area contributed by atoms with Crippen molar-refractivity contribution in [3.63, 3.8) is 0 Å². The highest BCUT2D eigenvalue weighted by Gasteiger charge is 2.17. The second kappa shape index (κ2) is 7.79. The summed E-state index contributed by atoms with van der Waals surface area (Å²) in [5.74, 6) is -0.565. The summed E-state index contributed by atoms with van der Waals surface area (Å²) >= 11 is 0. The van der Waals surface area contributed by atoms with E-state index in [-0.39, 0.29) is 5.56 Å². The minimum Gasteiger partial charge on any atom is -0.321 e. The molecule has 0 radical (unpaired) electrons. The molecule has 140 valence electrons. The number of carbonyl (C=O) groups excluding carboxylic acids is 1. The zero-order valence-corrected chi connectivity index (χ0v) is 15.4. The van der Waals surface area contributed by atoms with Crippen molar-refractivity contribution in [2.75, 3.05) is 5.32 Å². The molecule has 4 aromatic rings. The molecule has 0 saturated heterocycles. The van der Waals surface area contributed by atoms with Gasteiger partial charge >= 0.3 is 0 Å². The summed E-state index contributed by atoms with van der Waals surface area (Å²) in [7, 11) is 0. The van der Waals surface area contributed by atoms with E-state index in [1.165, 1.54) is 10.6 Å². The molecule has 0 aliphatic heterocycles. The quantitative estimate of drug-likeness (QED) is 0.586. The van der Waals surface area contributed by atoms with Gasteiger partial charge in [0.2, 0.25) is 0 Å². The average molecular weight is 380 g/mol. The van der Waals surface area contributed by atoms with Crippen molar-refractivity contribution in [1.82, 2.24) is 9.55 Å². The molecule has 0 saturated carbocycles. The largest absolute Gasteiger partial charge is 0.321 e. The highest BCUT2D eigenvalue weighted by molar-refractivity contribution is 6.06. The van der Waals surface area contributed by atoms with E-state index in [0.717, 1.165) is 5.56 Å². The lowest BCUT2D eigenvalue weighted by Crippen LogP contribution is -2.30. The first-order valence-corrected chi connectivity index (χ1v) is 9.00. The number of amides is 1. The van der Waals surface area contributed by atoms with E-state index in [2.05, 4.69) is 10.3 Å². The molecule has 0 atom stereocenters. The Labute approximate surface area is 166 Å². The molecule has 6 heteroatoms. The van der Waals surface area contributed by atoms with Crippen LogP contribution in [0.1, 0.15) is 21.5 Å². The second-order valence-electron chi connectivity index (χ2n) is 6.46. The predicted molar refractivity (Wildman–Crippen MR) is 111 cm³/mol. The Hall–Kier alpha value is -4.24. The van der Waals surface area contributed by atoms with Gasteiger partial charge in [-0.1, -0.05) is 42.5 Å². The maximum atomic E-state index is 13.2. The van der Waals surface area contributed by atoms with Gasteiger partial charge in [-0.25, -0.2) is 4.98 Å². The molecule has 0 aliphatic carbocycles. The number of anilines is 1. The number of aromatic nitrogens is 2. The molecular formula is C23H16N4O2. The number of nitrogens with one attached hydrogen (secondary N) is 1. The summed E-state index contributed by atoms with van der Waals surface area (Å²) in [6.45, 7) is 0.295. The van der Waals surface area contributed by atoms with E-state index in [1.54, 1.807) is 36.5 Å². The van der Waals surface area contributed by atoms with E-state index in [9.17, 15) is 14.9 Å². The van der Waals surface area contributed by atoms with Gasteiger partial charge in [-0.3, -0.25) is 14.2 Å². The summed E-state index contributed by atoms with van der Waals surface area (Å²) in [5.41, 5.74) is 1.68. The number of para-hydroxylation sites is 1. The van der Waals surface area contributed by atoms with Crippen molar-refractivity contribution < 1.29 is 4.79 Å². The van der Waals surface area contributed by atoms with Crippen LogP contribution in [0.3, 0.4) is 0 Å². The van der Waals surface area contributed by atoms with Crippen LogP contribution in [-0.4, -0.2) is 15.5 Å². The lowest BCUT2D eigenvalue weighted by Gasteiger charge is -2.13. The smallest absolute Gasteiger partial charge is 0.265 e. The molecular weight excluding hydrogens is 364 g/mol. The summed E-state index contributed by atoms with van der Waals surface area (Å²) in [6.07, 6.45) is 1.62. The Morgan fingerprint density at radius 1 is 1.03 bits per heavy atom. The highest BCUT2D eigenvalue weighted by Crippen LogP contribution is 2.17. The maximum Gasteiger partial charge on any atom is 0.265 e. The SMILES string of the molecule is N#Cc1ccccc1NC(=O)c1cc2cccnc2n(Cc2ccccc2)c1=O. The van der Waals surface area contributed by atoms with Crippen LogP contribution >= 0.6 is 0 Å². The van der Waals surface area contributed by atoms with Gasteiger partial charge in [0.25, 0.3) is 11.5 Å². The van der Waals surface area contributed by atoms with Gasteiger partial charge in [0.05, 0.1) is 17.8 Å². The monoisotopic (exact) mass is 380 g/mol. The molecule has 4 rings (SSSR count). The molecule has 0 aliphatic rings. The van der Waals surface area contributed by atoms with Crippen LogP contribution in [-0.2, 0) is 6.54 Å². The summed E-state index contributed by atoms with van der Waals surface area (Å²) < 4.78 is 1.50. The molecule has 0 bridgehead atoms. The van der Waals surface area contributed by atoms with Crippen molar-refractivity contribution >= 4 is 22.6 Å². The van der Waals surface area contributed by atoms with E-state index >= 15 is 0 Å². The Kier molecular flexibility index (Phi) is 4.87. The number of pyridine rings is 2. The zero-order chi connectivity index (χ0) is 20.2. The van der Waals surface area contributed by atoms with Crippen molar-refractivity contribution in [3.05, 3.63) is 106 Å². The third-order valence-corrected chi connectivity index (χ3v) is 4.57. The van der Waals surface area contributed by atoms with Crippen molar-refractivity contribution in [1.29, 1.82) is 5.26 Å². The Morgan fingerprint density at radius 2 is 1.79 bits per heavy atom. The van der Waals surface area contributed by atoms with Gasteiger partial charge < -0.3 is 5.32 Å². The molecule has 0 unspecified atom stereocenters. The van der Waals surface area contributed by atoms with Crippen molar-refractivity contribution in [2.45, 2.75) is 6.54 Å². The minimum atomic E-state index is -0.565. The maximum absolute atomic E-state index is 13.2. The average Bonchev–Trinajstić information content (AvgIpc) is 2.76. The molecule has 2 aromatic heterocycles. The number of benzene rings is 2. The van der Waals surface area contributed by atoms with Gasteiger partial charge in [-0.2, -0.15) is 5.26 Å². The molecule has 0 fully saturated rings. The highest BCUT2D eigenvalue weighted by atomic mass is 16.2. The first-order valence-electron chi connectivity index (χ1n) is 9.00. The van der Waals surface area contributed by atoms with Gasteiger partial charge in [0.15, 0.2) is 0 Å².